The summed E-state index contributed by atoms with van der Waals surface area (Å²) >= 11 is 0. The van der Waals surface area contributed by atoms with Crippen LogP contribution in [-0.4, -0.2) is 18.2 Å². The molecule has 0 bridgehead atoms. The Kier molecular flexibility index (Phi) is 4.19. The van der Waals surface area contributed by atoms with Crippen molar-refractivity contribution in [2.75, 3.05) is 7.11 Å². The number of furan rings is 1. The molecule has 0 unspecified atom stereocenters. The van der Waals surface area contributed by atoms with Crippen LogP contribution in [0.2, 0.25) is 0 Å². The molecule has 0 aliphatic rings. The smallest absolute Gasteiger partial charge is 0.336 e. The lowest BCUT2D eigenvalue weighted by Crippen LogP contribution is -2.01. The van der Waals surface area contributed by atoms with Crippen LogP contribution in [0.1, 0.15) is 16.7 Å². The molecule has 0 radical (unpaired) electrons. The quantitative estimate of drug-likeness (QED) is 0.527. The number of rotatable bonds is 4. The standard InChI is InChI=1S/C22H18O6/c1-11-8-19(25)27-20-12(2)21-16(9-15(11)20)17(10-18(23)24)22(28-21)13-4-6-14(26-3)7-5-13/h4-9H,10H2,1-3H3,(H,23,24). The molecule has 4 rings (SSSR count). The van der Waals surface area contributed by atoms with Crippen LogP contribution in [0, 0.1) is 13.8 Å². The van der Waals surface area contributed by atoms with Gasteiger partial charge in [0.15, 0.2) is 0 Å². The topological polar surface area (TPSA) is 89.9 Å². The van der Waals surface area contributed by atoms with Crippen LogP contribution in [0.15, 0.2) is 50.0 Å². The van der Waals surface area contributed by atoms with Gasteiger partial charge in [-0.3, -0.25) is 4.79 Å². The summed E-state index contributed by atoms with van der Waals surface area (Å²) in [7, 11) is 1.58. The Labute approximate surface area is 160 Å². The van der Waals surface area contributed by atoms with Crippen LogP contribution >= 0.6 is 0 Å². The van der Waals surface area contributed by atoms with Gasteiger partial charge in [-0.15, -0.1) is 0 Å². The van der Waals surface area contributed by atoms with Crippen molar-refractivity contribution in [3.8, 4) is 17.1 Å². The predicted molar refractivity (Wildman–Crippen MR) is 105 cm³/mol. The minimum absolute atomic E-state index is 0.185. The van der Waals surface area contributed by atoms with Crippen molar-refractivity contribution >= 4 is 27.9 Å². The number of aryl methyl sites for hydroxylation is 2. The van der Waals surface area contributed by atoms with Gasteiger partial charge in [-0.05, 0) is 49.7 Å². The van der Waals surface area contributed by atoms with Crippen molar-refractivity contribution in [1.29, 1.82) is 0 Å². The molecular formula is C22H18O6. The number of carboxylic acids is 1. The van der Waals surface area contributed by atoms with E-state index in [4.69, 9.17) is 13.6 Å². The van der Waals surface area contributed by atoms with E-state index in [0.717, 1.165) is 16.5 Å². The van der Waals surface area contributed by atoms with Crippen LogP contribution in [0.3, 0.4) is 0 Å². The second-order valence-electron chi connectivity index (χ2n) is 6.71. The lowest BCUT2D eigenvalue weighted by molar-refractivity contribution is -0.136. The largest absolute Gasteiger partial charge is 0.497 e. The Hall–Kier alpha value is -3.54. The van der Waals surface area contributed by atoms with E-state index in [1.54, 1.807) is 26.2 Å². The van der Waals surface area contributed by atoms with Crippen molar-refractivity contribution in [3.63, 3.8) is 0 Å². The molecule has 1 N–H and O–H groups in total. The van der Waals surface area contributed by atoms with E-state index in [2.05, 4.69) is 0 Å². The first kappa shape index (κ1) is 17.9. The van der Waals surface area contributed by atoms with E-state index < -0.39 is 11.6 Å². The molecule has 0 atom stereocenters. The first-order valence-electron chi connectivity index (χ1n) is 8.74. The minimum atomic E-state index is -0.952. The first-order chi connectivity index (χ1) is 13.4. The summed E-state index contributed by atoms with van der Waals surface area (Å²) < 4.78 is 16.7. The molecule has 0 saturated carbocycles. The van der Waals surface area contributed by atoms with E-state index >= 15 is 0 Å². The monoisotopic (exact) mass is 378 g/mol. The lowest BCUT2D eigenvalue weighted by Gasteiger charge is -2.05. The maximum absolute atomic E-state index is 11.8. The summed E-state index contributed by atoms with van der Waals surface area (Å²) in [5.41, 5.74) is 3.31. The highest BCUT2D eigenvalue weighted by molar-refractivity contribution is 6.02. The maximum atomic E-state index is 11.8. The molecule has 0 amide bonds. The van der Waals surface area contributed by atoms with E-state index in [1.807, 2.05) is 25.1 Å². The fraction of sp³-hybridized carbons (Fsp3) is 0.182. The van der Waals surface area contributed by atoms with Crippen LogP contribution in [0.4, 0.5) is 0 Å². The van der Waals surface area contributed by atoms with Gasteiger partial charge in [-0.1, -0.05) is 0 Å². The summed E-state index contributed by atoms with van der Waals surface area (Å²) in [4.78, 5) is 23.3. The predicted octanol–water partition coefficient (Wildman–Crippen LogP) is 4.46. The summed E-state index contributed by atoms with van der Waals surface area (Å²) in [5, 5.41) is 10.9. The molecule has 2 heterocycles. The molecule has 0 fully saturated rings. The average molecular weight is 378 g/mol. The van der Waals surface area contributed by atoms with Gasteiger partial charge in [0.2, 0.25) is 0 Å². The van der Waals surface area contributed by atoms with Gasteiger partial charge in [0.05, 0.1) is 13.5 Å². The molecule has 0 aliphatic carbocycles. The molecule has 0 aliphatic heterocycles. The molecule has 6 nitrogen and oxygen atoms in total. The Bertz CT molecular complexity index is 1270. The van der Waals surface area contributed by atoms with Gasteiger partial charge < -0.3 is 18.7 Å². The van der Waals surface area contributed by atoms with Crippen molar-refractivity contribution in [3.05, 3.63) is 63.5 Å². The molecule has 0 saturated heterocycles. The number of methoxy groups -OCH3 is 1. The number of aliphatic carboxylic acids is 1. The van der Waals surface area contributed by atoms with Gasteiger partial charge in [0.25, 0.3) is 0 Å². The summed E-state index contributed by atoms with van der Waals surface area (Å²) in [6.07, 6.45) is -0.185. The number of hydrogen-bond acceptors (Lipinski definition) is 5. The molecule has 2 aromatic carbocycles. The number of fused-ring (bicyclic) bond motifs is 2. The summed E-state index contributed by atoms with van der Waals surface area (Å²) in [5.74, 6) is 0.226. The highest BCUT2D eigenvalue weighted by atomic mass is 16.5. The van der Waals surface area contributed by atoms with Crippen LogP contribution in [0.5, 0.6) is 5.75 Å². The third-order valence-electron chi connectivity index (χ3n) is 4.90. The Balaban J connectivity index is 2.08. The fourth-order valence-electron chi connectivity index (χ4n) is 3.54. The minimum Gasteiger partial charge on any atom is -0.497 e. The molecule has 28 heavy (non-hydrogen) atoms. The van der Waals surface area contributed by atoms with Crippen LogP contribution in [-0.2, 0) is 11.2 Å². The lowest BCUT2D eigenvalue weighted by atomic mass is 9.99. The zero-order valence-electron chi connectivity index (χ0n) is 15.7. The Morgan fingerprint density at radius 1 is 1.04 bits per heavy atom. The molecule has 142 valence electrons. The van der Waals surface area contributed by atoms with E-state index in [-0.39, 0.29) is 6.42 Å². The second kappa shape index (κ2) is 6.56. The number of hydrogen-bond donors (Lipinski definition) is 1. The zero-order chi connectivity index (χ0) is 20.0. The highest BCUT2D eigenvalue weighted by Crippen LogP contribution is 2.39. The molecule has 4 aromatic rings. The average Bonchev–Trinajstić information content (AvgIpc) is 3.01. The number of carbonyl (C=O) groups is 1. The highest BCUT2D eigenvalue weighted by Gasteiger charge is 2.22. The molecular weight excluding hydrogens is 360 g/mol. The van der Waals surface area contributed by atoms with Crippen LogP contribution < -0.4 is 10.4 Å². The maximum Gasteiger partial charge on any atom is 0.336 e. The van der Waals surface area contributed by atoms with E-state index in [9.17, 15) is 14.7 Å². The Morgan fingerprint density at radius 2 is 1.71 bits per heavy atom. The number of ether oxygens (including phenoxy) is 1. The Morgan fingerprint density at radius 3 is 2.36 bits per heavy atom. The number of benzene rings is 2. The SMILES string of the molecule is COc1ccc(-c2oc3c(C)c4oc(=O)cc(C)c4cc3c2CC(=O)O)cc1. The number of carboxylic acid groups (broad SMARTS) is 1. The third kappa shape index (κ3) is 2.83. The molecule has 0 spiro atoms. The third-order valence-corrected chi connectivity index (χ3v) is 4.90. The van der Waals surface area contributed by atoms with Crippen molar-refractivity contribution in [1.82, 2.24) is 0 Å². The zero-order valence-corrected chi connectivity index (χ0v) is 15.7. The first-order valence-corrected chi connectivity index (χ1v) is 8.74. The van der Waals surface area contributed by atoms with Gasteiger partial charge in [0.1, 0.15) is 22.7 Å². The van der Waals surface area contributed by atoms with Gasteiger partial charge in [0, 0.05) is 33.5 Å². The van der Waals surface area contributed by atoms with Gasteiger partial charge in [-0.2, -0.15) is 0 Å². The second-order valence-corrected chi connectivity index (χ2v) is 6.71. The van der Waals surface area contributed by atoms with Gasteiger partial charge in [-0.25, -0.2) is 4.79 Å². The van der Waals surface area contributed by atoms with E-state index in [0.29, 0.717) is 39.2 Å². The molecule has 6 heteroatoms. The van der Waals surface area contributed by atoms with Crippen molar-refractivity contribution in [2.45, 2.75) is 20.3 Å². The normalized spacial score (nSPS) is 11.2. The van der Waals surface area contributed by atoms with Gasteiger partial charge >= 0.3 is 11.6 Å². The van der Waals surface area contributed by atoms with Crippen molar-refractivity contribution < 1.29 is 23.5 Å². The molecule has 2 aromatic heterocycles. The fourth-order valence-corrected chi connectivity index (χ4v) is 3.54. The summed E-state index contributed by atoms with van der Waals surface area (Å²) in [6, 6.07) is 10.5. The van der Waals surface area contributed by atoms with Crippen molar-refractivity contribution in [2.24, 2.45) is 0 Å². The van der Waals surface area contributed by atoms with E-state index in [1.165, 1.54) is 6.07 Å². The van der Waals surface area contributed by atoms with Crippen LogP contribution in [0.25, 0.3) is 33.3 Å². The summed E-state index contributed by atoms with van der Waals surface area (Å²) in [6.45, 7) is 3.63.